The van der Waals surface area contributed by atoms with E-state index in [0.29, 0.717) is 42.4 Å². The number of fused-ring (bicyclic) bond motifs is 2. The van der Waals surface area contributed by atoms with Crippen molar-refractivity contribution in [2.45, 2.75) is 57.2 Å². The Kier molecular flexibility index (Phi) is 7.31. The molecule has 5 rings (SSSR count). The highest BCUT2D eigenvalue weighted by atomic mass is 19.3. The van der Waals surface area contributed by atoms with Gasteiger partial charge in [0, 0.05) is 55.1 Å². The van der Waals surface area contributed by atoms with E-state index < -0.39 is 29.8 Å². The molecule has 9 nitrogen and oxygen atoms in total. The molecule has 4 amide bonds. The third-order valence-corrected chi connectivity index (χ3v) is 7.66. The van der Waals surface area contributed by atoms with Crippen LogP contribution in [0.5, 0.6) is 0 Å². The zero-order chi connectivity index (χ0) is 28.6. The zero-order valence-electron chi connectivity index (χ0n) is 22.2. The lowest BCUT2D eigenvalue weighted by atomic mass is 10.1. The lowest BCUT2D eigenvalue weighted by molar-refractivity contribution is -0.143. The number of benzene rings is 2. The summed E-state index contributed by atoms with van der Waals surface area (Å²) in [4.78, 5) is 58.7. The van der Waals surface area contributed by atoms with E-state index in [4.69, 9.17) is 0 Å². The number of nitrogens with one attached hydrogen (secondary N) is 3. The van der Waals surface area contributed by atoms with Crippen molar-refractivity contribution in [3.05, 3.63) is 65.9 Å². The van der Waals surface area contributed by atoms with Gasteiger partial charge in [-0.3, -0.25) is 19.2 Å². The summed E-state index contributed by atoms with van der Waals surface area (Å²) in [5, 5.41) is 6.03. The Hall–Kier alpha value is -4.28. The van der Waals surface area contributed by atoms with Gasteiger partial charge < -0.3 is 25.4 Å². The van der Waals surface area contributed by atoms with Crippen molar-refractivity contribution in [1.82, 2.24) is 20.1 Å². The number of H-pyrrole nitrogens is 1. The van der Waals surface area contributed by atoms with Crippen molar-refractivity contribution in [3.63, 3.8) is 0 Å². The van der Waals surface area contributed by atoms with Crippen LogP contribution in [0.4, 0.5) is 14.5 Å². The maximum atomic E-state index is 13.9. The van der Waals surface area contributed by atoms with Crippen LogP contribution < -0.4 is 10.6 Å². The number of rotatable bonds is 5. The van der Waals surface area contributed by atoms with Crippen molar-refractivity contribution < 1.29 is 28.0 Å². The molecule has 0 saturated carbocycles. The topological polar surface area (TPSA) is 115 Å². The monoisotopic (exact) mass is 551 g/mol. The van der Waals surface area contributed by atoms with Gasteiger partial charge >= 0.3 is 0 Å². The summed E-state index contributed by atoms with van der Waals surface area (Å²) in [6.07, 6.45) is 1.58. The van der Waals surface area contributed by atoms with Gasteiger partial charge in [-0.05, 0) is 49.6 Å². The Morgan fingerprint density at radius 3 is 2.48 bits per heavy atom. The number of carbonyl (C=O) groups is 4. The molecule has 0 unspecified atom stereocenters. The Morgan fingerprint density at radius 2 is 1.77 bits per heavy atom. The summed E-state index contributed by atoms with van der Waals surface area (Å²) in [6, 6.07) is 12.4. The Balaban J connectivity index is 1.39. The van der Waals surface area contributed by atoms with Gasteiger partial charge in [0.15, 0.2) is 0 Å². The first-order valence-corrected chi connectivity index (χ1v) is 13.3. The number of alkyl halides is 2. The average Bonchev–Trinajstić information content (AvgIpc) is 3.53. The number of amides is 4. The van der Waals surface area contributed by atoms with Gasteiger partial charge in [-0.2, -0.15) is 0 Å². The van der Waals surface area contributed by atoms with Crippen molar-refractivity contribution in [1.29, 1.82) is 0 Å². The van der Waals surface area contributed by atoms with Crippen LogP contribution in [0, 0.1) is 0 Å². The molecule has 2 aliphatic rings. The molecule has 2 saturated heterocycles. The number of aromatic nitrogens is 1. The highest BCUT2D eigenvalue weighted by molar-refractivity contribution is 6.02. The number of halogens is 2. The summed E-state index contributed by atoms with van der Waals surface area (Å²) in [5.74, 6) is -4.64. The molecule has 3 aromatic rings. The largest absolute Gasteiger partial charge is 0.351 e. The van der Waals surface area contributed by atoms with Crippen LogP contribution in [0.1, 0.15) is 49.2 Å². The van der Waals surface area contributed by atoms with Crippen molar-refractivity contribution >= 4 is 40.2 Å². The first-order valence-electron chi connectivity index (χ1n) is 13.3. The van der Waals surface area contributed by atoms with Crippen molar-refractivity contribution in [2.75, 3.05) is 18.4 Å². The minimum absolute atomic E-state index is 0.0530. The summed E-state index contributed by atoms with van der Waals surface area (Å²) < 4.78 is 27.6. The van der Waals surface area contributed by atoms with Gasteiger partial charge in [-0.1, -0.05) is 24.3 Å². The fourth-order valence-corrected chi connectivity index (χ4v) is 5.54. The fraction of sp³-hybridized carbons (Fsp3) is 0.379. The van der Waals surface area contributed by atoms with E-state index in [-0.39, 0.29) is 35.7 Å². The van der Waals surface area contributed by atoms with Crippen molar-refractivity contribution in [3.8, 4) is 0 Å². The van der Waals surface area contributed by atoms with Crippen molar-refractivity contribution in [2.24, 2.45) is 0 Å². The van der Waals surface area contributed by atoms with E-state index in [1.54, 1.807) is 29.2 Å². The maximum absolute atomic E-state index is 13.9. The number of anilines is 1. The van der Waals surface area contributed by atoms with E-state index in [1.807, 2.05) is 6.07 Å². The predicted octanol–water partition coefficient (Wildman–Crippen LogP) is 3.63. The normalized spacial score (nSPS) is 21.5. The van der Waals surface area contributed by atoms with Gasteiger partial charge in [0.1, 0.15) is 17.8 Å². The molecule has 3 atom stereocenters. The van der Waals surface area contributed by atoms with E-state index in [0.717, 1.165) is 6.92 Å². The van der Waals surface area contributed by atoms with Gasteiger partial charge in [0.25, 0.3) is 11.8 Å². The van der Waals surface area contributed by atoms with Gasteiger partial charge in [-0.15, -0.1) is 0 Å². The van der Waals surface area contributed by atoms with Crippen LogP contribution in [0.2, 0.25) is 0 Å². The molecule has 210 valence electrons. The molecule has 0 radical (unpaired) electrons. The van der Waals surface area contributed by atoms with Crippen LogP contribution in [-0.4, -0.2) is 69.6 Å². The Labute approximate surface area is 229 Å². The summed E-state index contributed by atoms with van der Waals surface area (Å²) >= 11 is 0. The molecule has 3 N–H and O–H groups in total. The summed E-state index contributed by atoms with van der Waals surface area (Å²) in [5.41, 5.74) is 1.01. The lowest BCUT2D eigenvalue weighted by Crippen LogP contribution is -2.60. The second kappa shape index (κ2) is 10.7. The highest BCUT2D eigenvalue weighted by Gasteiger charge is 2.45. The second-order valence-corrected chi connectivity index (χ2v) is 10.5. The third-order valence-electron chi connectivity index (χ3n) is 7.66. The number of hydrogen-bond donors (Lipinski definition) is 3. The van der Waals surface area contributed by atoms with E-state index in [9.17, 15) is 28.0 Å². The van der Waals surface area contributed by atoms with Crippen LogP contribution in [-0.2, 0) is 20.3 Å². The summed E-state index contributed by atoms with van der Waals surface area (Å²) in [7, 11) is 0. The first kappa shape index (κ1) is 27.3. The molecule has 0 spiro atoms. The van der Waals surface area contributed by atoms with Crippen LogP contribution in [0.15, 0.2) is 54.6 Å². The highest BCUT2D eigenvalue weighted by Crippen LogP contribution is 2.31. The zero-order valence-corrected chi connectivity index (χ0v) is 22.2. The number of para-hydroxylation sites is 1. The molecular formula is C29H31F2N5O4. The standard InChI is InChI=1S/C29H31F2N5O4/c1-17(37)35-13-12-21-9-11-25(27(39)32-20-6-4-3-5-7-20)36(21)28(40)24(16-35)34-26(38)23-15-18-14-19(29(2,30)31)8-10-22(18)33-23/h3-8,10,14-15,21,24-25,33H,9,11-13,16H2,1-2H3,(H,32,39)(H,34,38)/t21-,24+,25+/m1/s1. The third kappa shape index (κ3) is 5.54. The van der Waals surface area contributed by atoms with Crippen LogP contribution >= 0.6 is 0 Å². The van der Waals surface area contributed by atoms with Crippen LogP contribution in [0.3, 0.4) is 0 Å². The van der Waals surface area contributed by atoms with E-state index >= 15 is 0 Å². The lowest BCUT2D eigenvalue weighted by Gasteiger charge is -2.38. The molecule has 2 aromatic carbocycles. The molecule has 11 heteroatoms. The Bertz CT molecular complexity index is 1450. The fourth-order valence-electron chi connectivity index (χ4n) is 5.54. The first-order chi connectivity index (χ1) is 19.0. The van der Waals surface area contributed by atoms with Gasteiger partial charge in [0.2, 0.25) is 17.7 Å². The smallest absolute Gasteiger partial charge is 0.270 e. The summed E-state index contributed by atoms with van der Waals surface area (Å²) in [6.45, 7) is 2.53. The quantitative estimate of drug-likeness (QED) is 0.449. The van der Waals surface area contributed by atoms with Gasteiger partial charge in [0.05, 0.1) is 0 Å². The molecule has 1 aromatic heterocycles. The second-order valence-electron chi connectivity index (χ2n) is 10.5. The molecule has 3 heterocycles. The molecule has 40 heavy (non-hydrogen) atoms. The number of hydrogen-bond acceptors (Lipinski definition) is 4. The molecule has 2 fully saturated rings. The SMILES string of the molecule is CC(=O)N1CC[C@H]2CC[C@@H](C(=O)Nc3ccccc3)N2C(=O)[C@@H](NC(=O)c2cc3cc(C(C)(F)F)ccc3[nH]2)C1. The molecule has 0 aliphatic carbocycles. The van der Waals surface area contributed by atoms with Crippen LogP contribution in [0.25, 0.3) is 10.9 Å². The van der Waals surface area contributed by atoms with E-state index in [2.05, 4.69) is 15.6 Å². The minimum atomic E-state index is -3.04. The Morgan fingerprint density at radius 1 is 1.02 bits per heavy atom. The number of aromatic amines is 1. The molecule has 2 aliphatic heterocycles. The van der Waals surface area contributed by atoms with E-state index in [1.165, 1.54) is 36.1 Å². The number of carbonyl (C=O) groups excluding carboxylic acids is 4. The maximum Gasteiger partial charge on any atom is 0.270 e. The minimum Gasteiger partial charge on any atom is -0.351 e. The molecular weight excluding hydrogens is 520 g/mol. The van der Waals surface area contributed by atoms with Gasteiger partial charge in [-0.25, -0.2) is 8.78 Å². The predicted molar refractivity (Wildman–Crippen MR) is 145 cm³/mol. The average molecular weight is 552 g/mol. The molecule has 0 bridgehead atoms. The number of nitrogens with zero attached hydrogens (tertiary/aromatic N) is 2.